The molecule has 0 aromatic heterocycles. The molecular formula is C11H13ClO4S2. The molecule has 0 aliphatic rings. The summed E-state index contributed by atoms with van der Waals surface area (Å²) in [7, 11) is 1.26. The Hall–Kier alpha value is -0.400. The second-order valence-corrected chi connectivity index (χ2v) is 6.73. The lowest BCUT2D eigenvalue weighted by Gasteiger charge is -2.14. The molecule has 0 bridgehead atoms. The SMILES string of the molecule is COC(=O)c1ccc([S+](C)[O-])c(Cl)c1C[S+](C)[O-]. The van der Waals surface area contributed by atoms with E-state index in [4.69, 9.17) is 11.6 Å². The van der Waals surface area contributed by atoms with Crippen molar-refractivity contribution < 1.29 is 18.6 Å². The van der Waals surface area contributed by atoms with Crippen LogP contribution in [0.15, 0.2) is 17.0 Å². The summed E-state index contributed by atoms with van der Waals surface area (Å²) in [6, 6.07) is 3.02. The number of rotatable bonds is 4. The zero-order valence-electron chi connectivity index (χ0n) is 10.2. The third-order valence-corrected chi connectivity index (χ3v) is 4.47. The summed E-state index contributed by atoms with van der Waals surface area (Å²) in [4.78, 5) is 12.0. The Balaban J connectivity index is 3.36. The number of methoxy groups -OCH3 is 1. The highest BCUT2D eigenvalue weighted by molar-refractivity contribution is 7.91. The standard InChI is InChI=1S/C11H13ClO4S2/c1-16-11(13)7-4-5-9(18(3)15)10(12)8(7)6-17(2)14/h4-5H,6H2,1-3H3. The quantitative estimate of drug-likeness (QED) is 0.627. The third-order valence-electron chi connectivity index (χ3n) is 2.27. The first-order valence-corrected chi connectivity index (χ1v) is 8.58. The molecule has 2 atom stereocenters. The van der Waals surface area contributed by atoms with E-state index >= 15 is 0 Å². The maximum Gasteiger partial charge on any atom is 0.338 e. The molecule has 18 heavy (non-hydrogen) atoms. The van der Waals surface area contributed by atoms with Gasteiger partial charge in [-0.25, -0.2) is 4.79 Å². The van der Waals surface area contributed by atoms with Crippen molar-refractivity contribution in [1.29, 1.82) is 0 Å². The van der Waals surface area contributed by atoms with Crippen molar-refractivity contribution in [3.8, 4) is 0 Å². The van der Waals surface area contributed by atoms with Gasteiger partial charge in [-0.3, -0.25) is 0 Å². The van der Waals surface area contributed by atoms with Gasteiger partial charge in [-0.2, -0.15) is 0 Å². The largest absolute Gasteiger partial charge is 0.616 e. The third kappa shape index (κ3) is 3.55. The number of carbonyl (C=O) groups excluding carboxylic acids is 1. The molecule has 1 aromatic carbocycles. The lowest BCUT2D eigenvalue weighted by Crippen LogP contribution is -2.12. The molecule has 0 amide bonds. The minimum Gasteiger partial charge on any atom is -0.616 e. The lowest BCUT2D eigenvalue weighted by atomic mass is 10.1. The van der Waals surface area contributed by atoms with Gasteiger partial charge in [0, 0.05) is 5.56 Å². The van der Waals surface area contributed by atoms with E-state index in [0.717, 1.165) is 0 Å². The second-order valence-electron chi connectivity index (χ2n) is 3.57. The lowest BCUT2D eigenvalue weighted by molar-refractivity contribution is 0.0599. The molecule has 0 heterocycles. The van der Waals surface area contributed by atoms with E-state index < -0.39 is 28.3 Å². The number of esters is 1. The number of benzene rings is 1. The van der Waals surface area contributed by atoms with Crippen LogP contribution in [0.5, 0.6) is 0 Å². The molecular weight excluding hydrogens is 296 g/mol. The first-order valence-electron chi connectivity index (χ1n) is 4.91. The Labute approximate surface area is 117 Å². The van der Waals surface area contributed by atoms with Gasteiger partial charge in [0.1, 0.15) is 17.0 Å². The van der Waals surface area contributed by atoms with Gasteiger partial charge >= 0.3 is 5.97 Å². The van der Waals surface area contributed by atoms with E-state index in [-0.39, 0.29) is 16.3 Å². The molecule has 100 valence electrons. The molecule has 0 saturated heterocycles. The number of carbonyl (C=O) groups is 1. The highest BCUT2D eigenvalue weighted by atomic mass is 35.5. The van der Waals surface area contributed by atoms with Crippen molar-refractivity contribution in [2.24, 2.45) is 0 Å². The minimum absolute atomic E-state index is 0.119. The van der Waals surface area contributed by atoms with Gasteiger partial charge in [0.05, 0.1) is 18.9 Å². The Morgan fingerprint density at radius 3 is 2.44 bits per heavy atom. The molecule has 1 aromatic rings. The van der Waals surface area contributed by atoms with Crippen LogP contribution in [0, 0.1) is 0 Å². The van der Waals surface area contributed by atoms with E-state index in [1.807, 2.05) is 0 Å². The molecule has 7 heteroatoms. The van der Waals surface area contributed by atoms with Gasteiger partial charge in [-0.15, -0.1) is 0 Å². The second kappa shape index (κ2) is 6.68. The normalized spacial score (nSPS) is 14.1. The Morgan fingerprint density at radius 1 is 1.39 bits per heavy atom. The number of hydrogen-bond acceptors (Lipinski definition) is 4. The predicted octanol–water partition coefficient (Wildman–Crippen LogP) is 1.74. The molecule has 0 spiro atoms. The van der Waals surface area contributed by atoms with Gasteiger partial charge in [0.2, 0.25) is 0 Å². The average molecular weight is 309 g/mol. The van der Waals surface area contributed by atoms with Gasteiger partial charge in [-0.05, 0) is 23.3 Å². The zero-order chi connectivity index (χ0) is 13.9. The van der Waals surface area contributed by atoms with Crippen molar-refractivity contribution in [3.63, 3.8) is 0 Å². The first kappa shape index (κ1) is 15.7. The van der Waals surface area contributed by atoms with Crippen LogP contribution in [0.4, 0.5) is 0 Å². The van der Waals surface area contributed by atoms with Crippen LogP contribution >= 0.6 is 11.6 Å². The van der Waals surface area contributed by atoms with Crippen LogP contribution in [0.3, 0.4) is 0 Å². The summed E-state index contributed by atoms with van der Waals surface area (Å²) in [6.45, 7) is 0. The maximum atomic E-state index is 11.6. The fourth-order valence-electron chi connectivity index (χ4n) is 1.47. The van der Waals surface area contributed by atoms with Crippen molar-refractivity contribution in [2.75, 3.05) is 19.6 Å². The maximum absolute atomic E-state index is 11.6. The Bertz CT molecular complexity index is 449. The molecule has 0 N–H and O–H groups in total. The van der Waals surface area contributed by atoms with E-state index in [2.05, 4.69) is 4.74 Å². The Morgan fingerprint density at radius 2 is 2.00 bits per heavy atom. The topological polar surface area (TPSA) is 72.4 Å². The van der Waals surface area contributed by atoms with E-state index in [1.165, 1.54) is 31.8 Å². The summed E-state index contributed by atoms with van der Waals surface area (Å²) in [5.74, 6) is -0.431. The summed E-state index contributed by atoms with van der Waals surface area (Å²) >= 11 is 3.68. The average Bonchev–Trinajstić information content (AvgIpc) is 2.29. The monoisotopic (exact) mass is 308 g/mol. The number of halogens is 1. The van der Waals surface area contributed by atoms with Crippen molar-refractivity contribution >= 4 is 39.9 Å². The zero-order valence-corrected chi connectivity index (χ0v) is 12.6. The molecule has 0 aliphatic carbocycles. The van der Waals surface area contributed by atoms with Crippen LogP contribution < -0.4 is 0 Å². The fourth-order valence-corrected chi connectivity index (χ4v) is 3.45. The number of ether oxygens (including phenoxy) is 1. The summed E-state index contributed by atoms with van der Waals surface area (Å²) in [6.07, 6.45) is 3.00. The summed E-state index contributed by atoms with van der Waals surface area (Å²) in [5.41, 5.74) is 0.670. The van der Waals surface area contributed by atoms with Crippen molar-refractivity contribution in [2.45, 2.75) is 10.6 Å². The minimum atomic E-state index is -1.27. The molecule has 4 nitrogen and oxygen atoms in total. The summed E-state index contributed by atoms with van der Waals surface area (Å²) in [5, 5.41) is 0.217. The molecule has 0 aliphatic heterocycles. The van der Waals surface area contributed by atoms with Crippen LogP contribution in [0.1, 0.15) is 15.9 Å². The van der Waals surface area contributed by atoms with Gasteiger partial charge in [0.25, 0.3) is 0 Å². The number of hydrogen-bond donors (Lipinski definition) is 0. The van der Waals surface area contributed by atoms with E-state index in [1.54, 1.807) is 0 Å². The highest BCUT2D eigenvalue weighted by Gasteiger charge is 2.24. The molecule has 2 unspecified atom stereocenters. The first-order chi connectivity index (χ1) is 8.38. The highest BCUT2D eigenvalue weighted by Crippen LogP contribution is 2.30. The summed E-state index contributed by atoms with van der Waals surface area (Å²) < 4.78 is 27.5. The molecule has 0 radical (unpaired) electrons. The molecule has 0 fully saturated rings. The van der Waals surface area contributed by atoms with Crippen molar-refractivity contribution in [3.05, 3.63) is 28.3 Å². The molecule has 1 rings (SSSR count). The smallest absolute Gasteiger partial charge is 0.338 e. The predicted molar refractivity (Wildman–Crippen MR) is 72.9 cm³/mol. The van der Waals surface area contributed by atoms with Crippen molar-refractivity contribution in [1.82, 2.24) is 0 Å². The van der Waals surface area contributed by atoms with Gasteiger partial charge in [0.15, 0.2) is 4.90 Å². The Kier molecular flexibility index (Phi) is 5.81. The van der Waals surface area contributed by atoms with Crippen LogP contribution in [0.25, 0.3) is 0 Å². The van der Waals surface area contributed by atoms with E-state index in [0.29, 0.717) is 10.5 Å². The molecule has 0 saturated carbocycles. The fraction of sp³-hybridized carbons (Fsp3) is 0.364. The van der Waals surface area contributed by atoms with E-state index in [9.17, 15) is 13.9 Å². The van der Waals surface area contributed by atoms with Gasteiger partial charge in [-0.1, -0.05) is 22.8 Å². The van der Waals surface area contributed by atoms with Crippen LogP contribution in [0.2, 0.25) is 5.02 Å². The van der Waals surface area contributed by atoms with Gasteiger partial charge < -0.3 is 13.8 Å². The van der Waals surface area contributed by atoms with Crippen LogP contribution in [-0.4, -0.2) is 34.7 Å². The van der Waals surface area contributed by atoms with Crippen LogP contribution in [-0.2, 0) is 32.8 Å².